The zero-order valence-corrected chi connectivity index (χ0v) is 13.1. The van der Waals surface area contributed by atoms with Gasteiger partial charge in [-0.2, -0.15) is 5.10 Å². The van der Waals surface area contributed by atoms with Gasteiger partial charge in [-0.15, -0.1) is 11.8 Å². The lowest BCUT2D eigenvalue weighted by atomic mass is 10.3. The van der Waals surface area contributed by atoms with Crippen LogP contribution in [0.2, 0.25) is 5.02 Å². The van der Waals surface area contributed by atoms with Crippen molar-refractivity contribution in [3.05, 3.63) is 41.6 Å². The van der Waals surface area contributed by atoms with Gasteiger partial charge in [0.05, 0.1) is 23.5 Å². The number of thioether (sulfide) groups is 1. The predicted octanol–water partition coefficient (Wildman–Crippen LogP) is 2.00. The Morgan fingerprint density at radius 3 is 3.00 bits per heavy atom. The Labute approximate surface area is 136 Å². The third-order valence-corrected chi connectivity index (χ3v) is 4.30. The maximum absolute atomic E-state index is 12.1. The molecule has 0 saturated carbocycles. The van der Waals surface area contributed by atoms with E-state index in [0.29, 0.717) is 22.5 Å². The molecule has 1 N–H and O–H groups in total. The number of carbonyl (C=O) groups is 2. The SMILES string of the molecule is O=C(CN1CSCC1=O)Nc1ccnn1-c1cccc(Cl)c1. The van der Waals surface area contributed by atoms with E-state index in [4.69, 9.17) is 11.6 Å². The number of hydrogen-bond donors (Lipinski definition) is 1. The van der Waals surface area contributed by atoms with Crippen molar-refractivity contribution in [2.75, 3.05) is 23.5 Å². The molecule has 8 heteroatoms. The molecule has 0 spiro atoms. The van der Waals surface area contributed by atoms with E-state index in [2.05, 4.69) is 10.4 Å². The van der Waals surface area contributed by atoms with Gasteiger partial charge in [0.2, 0.25) is 11.8 Å². The largest absolute Gasteiger partial charge is 0.323 e. The van der Waals surface area contributed by atoms with Crippen LogP contribution in [-0.2, 0) is 9.59 Å². The fourth-order valence-electron chi connectivity index (χ4n) is 2.11. The van der Waals surface area contributed by atoms with Gasteiger partial charge in [-0.3, -0.25) is 9.59 Å². The van der Waals surface area contributed by atoms with Gasteiger partial charge in [-0.25, -0.2) is 4.68 Å². The molecule has 1 aromatic heterocycles. The Morgan fingerprint density at radius 2 is 2.27 bits per heavy atom. The number of halogens is 1. The van der Waals surface area contributed by atoms with Crippen LogP contribution in [0.3, 0.4) is 0 Å². The van der Waals surface area contributed by atoms with Crippen LogP contribution in [0.1, 0.15) is 0 Å². The number of aromatic nitrogens is 2. The van der Waals surface area contributed by atoms with Crippen molar-refractivity contribution < 1.29 is 9.59 Å². The van der Waals surface area contributed by atoms with Crippen molar-refractivity contribution in [2.24, 2.45) is 0 Å². The first-order chi connectivity index (χ1) is 10.6. The standard InChI is InChI=1S/C14H13ClN4O2S/c15-10-2-1-3-11(6-10)19-12(4-5-16-19)17-13(20)7-18-9-22-8-14(18)21/h1-6H,7-9H2,(H,17,20). The lowest BCUT2D eigenvalue weighted by Gasteiger charge is -2.14. The normalized spacial score (nSPS) is 14.4. The summed E-state index contributed by atoms with van der Waals surface area (Å²) >= 11 is 7.48. The molecular weight excluding hydrogens is 324 g/mol. The number of anilines is 1. The topological polar surface area (TPSA) is 67.2 Å². The van der Waals surface area contributed by atoms with Crippen LogP contribution in [0.4, 0.5) is 5.82 Å². The number of amides is 2. The second-order valence-corrected chi connectivity index (χ2v) is 6.12. The van der Waals surface area contributed by atoms with Crippen molar-refractivity contribution in [1.29, 1.82) is 0 Å². The average Bonchev–Trinajstić information content (AvgIpc) is 3.09. The molecule has 0 unspecified atom stereocenters. The first-order valence-corrected chi connectivity index (χ1v) is 8.12. The van der Waals surface area contributed by atoms with Gasteiger partial charge in [-0.1, -0.05) is 17.7 Å². The molecule has 3 rings (SSSR count). The van der Waals surface area contributed by atoms with Gasteiger partial charge in [0.1, 0.15) is 12.4 Å². The summed E-state index contributed by atoms with van der Waals surface area (Å²) in [5, 5.41) is 7.55. The van der Waals surface area contributed by atoms with Crippen LogP contribution in [0.5, 0.6) is 0 Å². The van der Waals surface area contributed by atoms with Crippen molar-refractivity contribution in [2.45, 2.75) is 0 Å². The monoisotopic (exact) mass is 336 g/mol. The second kappa shape index (κ2) is 6.41. The first-order valence-electron chi connectivity index (χ1n) is 6.59. The van der Waals surface area contributed by atoms with Gasteiger partial charge in [0, 0.05) is 11.1 Å². The summed E-state index contributed by atoms with van der Waals surface area (Å²) in [6.07, 6.45) is 1.59. The minimum atomic E-state index is -0.250. The molecule has 1 fully saturated rings. The second-order valence-electron chi connectivity index (χ2n) is 4.73. The fraction of sp³-hybridized carbons (Fsp3) is 0.214. The van der Waals surface area contributed by atoms with E-state index in [1.165, 1.54) is 16.7 Å². The summed E-state index contributed by atoms with van der Waals surface area (Å²) in [5.41, 5.74) is 0.751. The number of nitrogens with one attached hydrogen (secondary N) is 1. The van der Waals surface area contributed by atoms with Gasteiger partial charge < -0.3 is 10.2 Å². The Kier molecular flexibility index (Phi) is 4.35. The van der Waals surface area contributed by atoms with E-state index in [0.717, 1.165) is 5.69 Å². The van der Waals surface area contributed by atoms with E-state index in [-0.39, 0.29) is 18.4 Å². The maximum atomic E-state index is 12.1. The van der Waals surface area contributed by atoms with E-state index in [1.807, 2.05) is 12.1 Å². The molecule has 1 aromatic carbocycles. The van der Waals surface area contributed by atoms with Gasteiger partial charge in [0.25, 0.3) is 0 Å². The highest BCUT2D eigenvalue weighted by molar-refractivity contribution is 8.00. The average molecular weight is 337 g/mol. The number of hydrogen-bond acceptors (Lipinski definition) is 4. The van der Waals surface area contributed by atoms with E-state index in [9.17, 15) is 9.59 Å². The van der Waals surface area contributed by atoms with E-state index < -0.39 is 0 Å². The fourth-order valence-corrected chi connectivity index (χ4v) is 3.20. The summed E-state index contributed by atoms with van der Waals surface area (Å²) in [6, 6.07) is 8.87. The molecule has 2 aromatic rings. The molecule has 2 heterocycles. The molecule has 1 aliphatic heterocycles. The minimum Gasteiger partial charge on any atom is -0.323 e. The molecule has 1 aliphatic rings. The van der Waals surface area contributed by atoms with Crippen molar-refractivity contribution in [3.8, 4) is 5.69 Å². The molecule has 114 valence electrons. The Morgan fingerprint density at radius 1 is 1.41 bits per heavy atom. The Balaban J connectivity index is 1.72. The van der Waals surface area contributed by atoms with E-state index >= 15 is 0 Å². The molecular formula is C14H13ClN4O2S. The summed E-state index contributed by atoms with van der Waals surface area (Å²) in [7, 11) is 0. The summed E-state index contributed by atoms with van der Waals surface area (Å²) in [6.45, 7) is 0.0482. The Bertz CT molecular complexity index is 718. The van der Waals surface area contributed by atoms with Gasteiger partial charge in [0.15, 0.2) is 0 Å². The molecule has 0 atom stereocenters. The zero-order valence-electron chi connectivity index (χ0n) is 11.5. The smallest absolute Gasteiger partial charge is 0.245 e. The third-order valence-electron chi connectivity index (χ3n) is 3.12. The lowest BCUT2D eigenvalue weighted by Crippen LogP contribution is -2.34. The highest BCUT2D eigenvalue weighted by Gasteiger charge is 2.23. The lowest BCUT2D eigenvalue weighted by molar-refractivity contribution is -0.130. The summed E-state index contributed by atoms with van der Waals surface area (Å²) in [5.74, 6) is 1.27. The highest BCUT2D eigenvalue weighted by atomic mass is 35.5. The van der Waals surface area contributed by atoms with Crippen molar-refractivity contribution >= 4 is 41.0 Å². The summed E-state index contributed by atoms with van der Waals surface area (Å²) in [4.78, 5) is 25.1. The zero-order chi connectivity index (χ0) is 15.5. The van der Waals surface area contributed by atoms with Crippen LogP contribution in [-0.4, -0.2) is 44.7 Å². The van der Waals surface area contributed by atoms with Crippen LogP contribution in [0.25, 0.3) is 5.69 Å². The Hall–Kier alpha value is -1.99. The molecule has 0 aliphatic carbocycles. The minimum absolute atomic E-state index is 0.0106. The van der Waals surface area contributed by atoms with Crippen LogP contribution >= 0.6 is 23.4 Å². The van der Waals surface area contributed by atoms with Crippen LogP contribution < -0.4 is 5.32 Å². The van der Waals surface area contributed by atoms with Crippen LogP contribution in [0, 0.1) is 0 Å². The molecule has 2 amide bonds. The molecule has 1 saturated heterocycles. The van der Waals surface area contributed by atoms with Gasteiger partial charge >= 0.3 is 0 Å². The molecule has 0 radical (unpaired) electrons. The molecule has 6 nitrogen and oxygen atoms in total. The van der Waals surface area contributed by atoms with Gasteiger partial charge in [-0.05, 0) is 18.2 Å². The molecule has 22 heavy (non-hydrogen) atoms. The number of benzene rings is 1. The number of nitrogens with zero attached hydrogens (tertiary/aromatic N) is 3. The van der Waals surface area contributed by atoms with Crippen molar-refractivity contribution in [3.63, 3.8) is 0 Å². The number of rotatable bonds is 4. The predicted molar refractivity (Wildman–Crippen MR) is 86.2 cm³/mol. The maximum Gasteiger partial charge on any atom is 0.245 e. The molecule has 0 bridgehead atoms. The quantitative estimate of drug-likeness (QED) is 0.927. The third kappa shape index (κ3) is 3.26. The van der Waals surface area contributed by atoms with Crippen molar-refractivity contribution in [1.82, 2.24) is 14.7 Å². The van der Waals surface area contributed by atoms with E-state index in [1.54, 1.807) is 29.1 Å². The number of carbonyl (C=O) groups excluding carboxylic acids is 2. The first kappa shape index (κ1) is 14.9. The summed E-state index contributed by atoms with van der Waals surface area (Å²) < 4.78 is 1.59. The van der Waals surface area contributed by atoms with Crippen LogP contribution in [0.15, 0.2) is 36.5 Å². The highest BCUT2D eigenvalue weighted by Crippen LogP contribution is 2.19.